The fraction of sp³-hybridized carbons (Fsp3) is 0.179. The third-order valence-electron chi connectivity index (χ3n) is 5.26. The minimum atomic E-state index is 0.714. The number of pyridine rings is 1. The Morgan fingerprint density at radius 2 is 1.23 bits per heavy atom. The number of nitrogens with zero attached hydrogens (tertiary/aromatic N) is 1. The highest BCUT2D eigenvalue weighted by atomic mass is 16.5. The third-order valence-corrected chi connectivity index (χ3v) is 5.26. The topological polar surface area (TPSA) is 13.1 Å². The molecule has 3 aromatic carbocycles. The van der Waals surface area contributed by atoms with E-state index in [4.69, 9.17) is 4.74 Å². The second-order valence-corrected chi connectivity index (χ2v) is 7.53. The van der Waals surface area contributed by atoms with E-state index in [1.165, 1.54) is 22.3 Å². The molecule has 0 N–H and O–H groups in total. The van der Waals surface area contributed by atoms with Crippen LogP contribution in [0.2, 0.25) is 0 Å². The van der Waals surface area contributed by atoms with Crippen molar-refractivity contribution in [3.63, 3.8) is 0 Å². The molecule has 0 spiro atoms. The molecule has 30 heavy (non-hydrogen) atoms. The Morgan fingerprint density at radius 1 is 0.600 bits per heavy atom. The van der Waals surface area contributed by atoms with Gasteiger partial charge in [-0.2, -0.15) is 0 Å². The zero-order valence-electron chi connectivity index (χ0n) is 17.3. The molecule has 0 aliphatic rings. The van der Waals surface area contributed by atoms with E-state index in [9.17, 15) is 0 Å². The van der Waals surface area contributed by atoms with Gasteiger partial charge in [-0.05, 0) is 47.7 Å². The molecule has 1 heterocycles. The van der Waals surface area contributed by atoms with Crippen molar-refractivity contribution in [2.75, 3.05) is 6.61 Å². The van der Waals surface area contributed by atoms with Crippen LogP contribution in [0.3, 0.4) is 0 Å². The number of rotatable bonds is 9. The Morgan fingerprint density at radius 3 is 1.97 bits per heavy atom. The lowest BCUT2D eigenvalue weighted by Gasteiger charge is -2.07. The highest BCUT2D eigenvalue weighted by Gasteiger charge is 2.05. The summed E-state index contributed by atoms with van der Waals surface area (Å²) in [5.74, 6) is 0.946. The Balaban J connectivity index is 1.22. The van der Waals surface area contributed by atoms with E-state index >= 15 is 0 Å². The van der Waals surface area contributed by atoms with E-state index in [2.05, 4.69) is 108 Å². The van der Waals surface area contributed by atoms with Gasteiger partial charge in [0.05, 0.1) is 6.61 Å². The molecular formula is C28H28NO+. The molecule has 0 radical (unpaired) electrons. The van der Waals surface area contributed by atoms with Crippen molar-refractivity contribution in [1.82, 2.24) is 0 Å². The van der Waals surface area contributed by atoms with Crippen molar-refractivity contribution in [3.8, 4) is 16.9 Å². The van der Waals surface area contributed by atoms with E-state index in [0.717, 1.165) is 31.6 Å². The molecule has 0 bridgehead atoms. The van der Waals surface area contributed by atoms with Gasteiger partial charge in [0, 0.05) is 18.1 Å². The SMILES string of the molecule is c1ccc(CCc2ccc(OCCC[n+]3cccc(-c4ccccc4)c3)cc2)cc1. The standard InChI is InChI=1S/C28H28NO/c1-3-9-24(10-4-1)14-15-25-16-18-28(19-17-25)30-22-8-21-29-20-7-13-27(23-29)26-11-5-2-6-12-26/h1-7,9-13,16-20,23H,8,14-15,21-22H2/q+1. The van der Waals surface area contributed by atoms with Gasteiger partial charge in [0.2, 0.25) is 0 Å². The maximum Gasteiger partial charge on any atom is 0.176 e. The molecule has 0 unspecified atom stereocenters. The highest BCUT2D eigenvalue weighted by molar-refractivity contribution is 5.61. The van der Waals surface area contributed by atoms with Crippen molar-refractivity contribution in [2.45, 2.75) is 25.8 Å². The van der Waals surface area contributed by atoms with Gasteiger partial charge in [0.1, 0.15) is 5.75 Å². The first-order chi connectivity index (χ1) is 14.9. The molecule has 2 heteroatoms. The normalized spacial score (nSPS) is 10.7. The molecule has 0 fully saturated rings. The summed E-state index contributed by atoms with van der Waals surface area (Å²) in [6.45, 7) is 1.65. The molecule has 4 aromatic rings. The van der Waals surface area contributed by atoms with E-state index in [0.29, 0.717) is 6.61 Å². The summed E-state index contributed by atoms with van der Waals surface area (Å²) in [6, 6.07) is 33.9. The van der Waals surface area contributed by atoms with Crippen LogP contribution in [-0.2, 0) is 19.4 Å². The fourth-order valence-corrected chi connectivity index (χ4v) is 3.59. The second kappa shape index (κ2) is 10.4. The lowest BCUT2D eigenvalue weighted by molar-refractivity contribution is -0.696. The molecule has 1 aromatic heterocycles. The number of benzene rings is 3. The van der Waals surface area contributed by atoms with E-state index in [-0.39, 0.29) is 0 Å². The molecule has 4 rings (SSSR count). The van der Waals surface area contributed by atoms with Crippen LogP contribution in [0.4, 0.5) is 0 Å². The summed E-state index contributed by atoms with van der Waals surface area (Å²) >= 11 is 0. The van der Waals surface area contributed by atoms with Gasteiger partial charge in [-0.25, -0.2) is 4.57 Å². The molecule has 150 valence electrons. The van der Waals surface area contributed by atoms with Crippen molar-refractivity contribution in [3.05, 3.63) is 121 Å². The molecule has 0 atom stereocenters. The van der Waals surface area contributed by atoms with Gasteiger partial charge in [0.25, 0.3) is 0 Å². The van der Waals surface area contributed by atoms with Crippen molar-refractivity contribution < 1.29 is 9.30 Å². The minimum absolute atomic E-state index is 0.714. The largest absolute Gasteiger partial charge is 0.493 e. The number of aromatic nitrogens is 1. The van der Waals surface area contributed by atoms with E-state index in [1.807, 2.05) is 6.07 Å². The van der Waals surface area contributed by atoms with Crippen molar-refractivity contribution in [2.24, 2.45) is 0 Å². The zero-order valence-corrected chi connectivity index (χ0v) is 17.3. The predicted octanol–water partition coefficient (Wildman–Crippen LogP) is 5.90. The highest BCUT2D eigenvalue weighted by Crippen LogP contribution is 2.16. The summed E-state index contributed by atoms with van der Waals surface area (Å²) < 4.78 is 8.18. The zero-order chi connectivity index (χ0) is 20.4. The first-order valence-electron chi connectivity index (χ1n) is 10.7. The molecule has 0 saturated carbocycles. The minimum Gasteiger partial charge on any atom is -0.493 e. The lowest BCUT2D eigenvalue weighted by Crippen LogP contribution is -2.33. The van der Waals surface area contributed by atoms with E-state index in [1.54, 1.807) is 0 Å². The number of hydrogen-bond donors (Lipinski definition) is 0. The summed E-state index contributed by atoms with van der Waals surface area (Å²) in [6.07, 6.45) is 7.42. The van der Waals surface area contributed by atoms with Gasteiger partial charge >= 0.3 is 0 Å². The van der Waals surface area contributed by atoms with Crippen molar-refractivity contribution in [1.29, 1.82) is 0 Å². The van der Waals surface area contributed by atoms with Gasteiger partial charge in [0.15, 0.2) is 18.9 Å². The predicted molar refractivity (Wildman–Crippen MR) is 122 cm³/mol. The second-order valence-electron chi connectivity index (χ2n) is 7.53. The van der Waals surface area contributed by atoms with Crippen LogP contribution in [0.5, 0.6) is 5.75 Å². The smallest absolute Gasteiger partial charge is 0.176 e. The van der Waals surface area contributed by atoms with Gasteiger partial charge in [-0.3, -0.25) is 0 Å². The first-order valence-corrected chi connectivity index (χ1v) is 10.7. The molecule has 2 nitrogen and oxygen atoms in total. The number of hydrogen-bond acceptors (Lipinski definition) is 1. The molecule has 0 aliphatic heterocycles. The average molecular weight is 395 g/mol. The van der Waals surface area contributed by atoms with E-state index < -0.39 is 0 Å². The van der Waals surface area contributed by atoms with Crippen molar-refractivity contribution >= 4 is 0 Å². The third kappa shape index (κ3) is 5.81. The summed E-state index contributed by atoms with van der Waals surface area (Å²) in [4.78, 5) is 0. The van der Waals surface area contributed by atoms with Crippen LogP contribution in [0.15, 0.2) is 109 Å². The van der Waals surface area contributed by atoms with Crippen LogP contribution >= 0.6 is 0 Å². The summed E-state index contributed by atoms with van der Waals surface area (Å²) in [5.41, 5.74) is 5.21. The Hall–Kier alpha value is -3.39. The van der Waals surface area contributed by atoms with Crippen LogP contribution in [0.1, 0.15) is 17.5 Å². The Bertz CT molecular complexity index is 1030. The monoisotopic (exact) mass is 394 g/mol. The molecule has 0 amide bonds. The van der Waals surface area contributed by atoms with Gasteiger partial charge in [-0.1, -0.05) is 72.8 Å². The van der Waals surface area contributed by atoms with Gasteiger partial charge in [-0.15, -0.1) is 0 Å². The van der Waals surface area contributed by atoms with Crippen LogP contribution < -0.4 is 9.30 Å². The first kappa shape index (κ1) is 19.9. The van der Waals surface area contributed by atoms with Crippen LogP contribution in [0.25, 0.3) is 11.1 Å². The van der Waals surface area contributed by atoms with Crippen LogP contribution in [0, 0.1) is 0 Å². The average Bonchev–Trinajstić information content (AvgIpc) is 2.83. The Labute approximate surface area is 179 Å². The maximum absolute atomic E-state index is 5.95. The van der Waals surface area contributed by atoms with Gasteiger partial charge < -0.3 is 4.74 Å². The molecular weight excluding hydrogens is 366 g/mol. The lowest BCUT2D eigenvalue weighted by atomic mass is 10.0. The molecule has 0 aliphatic carbocycles. The number of aryl methyl sites for hydroxylation is 3. The summed E-state index contributed by atoms with van der Waals surface area (Å²) in [7, 11) is 0. The van der Waals surface area contributed by atoms with Crippen LogP contribution in [-0.4, -0.2) is 6.61 Å². The quantitative estimate of drug-likeness (QED) is 0.255. The fourth-order valence-electron chi connectivity index (χ4n) is 3.59. The summed E-state index contributed by atoms with van der Waals surface area (Å²) in [5, 5.41) is 0. The number of ether oxygens (including phenoxy) is 1. The molecule has 0 saturated heterocycles. The Kier molecular flexibility index (Phi) is 6.90. The maximum atomic E-state index is 5.95.